The number of nitrogens with one attached hydrogen (secondary N) is 1. The average molecular weight is 144 g/mol. The zero-order chi connectivity index (χ0) is 8.57. The Morgan fingerprint density at radius 2 is 2.00 bits per heavy atom. The van der Waals surface area contributed by atoms with Crippen LogP contribution in [0.3, 0.4) is 0 Å². The Balaban J connectivity index is 0. The Morgan fingerprint density at radius 3 is 2.00 bits per heavy atom. The van der Waals surface area contributed by atoms with Crippen molar-refractivity contribution in [2.75, 3.05) is 0 Å². The molecule has 10 heavy (non-hydrogen) atoms. The van der Waals surface area contributed by atoms with Crippen LogP contribution < -0.4 is 5.73 Å². The van der Waals surface area contributed by atoms with Crippen molar-refractivity contribution in [1.82, 2.24) is 0 Å². The van der Waals surface area contributed by atoms with Crippen LogP contribution in [-0.4, -0.2) is 11.8 Å². The van der Waals surface area contributed by atoms with Crippen molar-refractivity contribution in [3.8, 4) is 0 Å². The molecule has 3 N–H and O–H groups in total. The SMILES string of the molecule is C=COC(C)=O.CC(=N)N. The van der Waals surface area contributed by atoms with Gasteiger partial charge in [0.2, 0.25) is 0 Å². The van der Waals surface area contributed by atoms with Gasteiger partial charge in [-0.15, -0.1) is 0 Å². The zero-order valence-electron chi connectivity index (χ0n) is 6.18. The van der Waals surface area contributed by atoms with E-state index in [2.05, 4.69) is 11.3 Å². The van der Waals surface area contributed by atoms with Crippen molar-refractivity contribution in [1.29, 1.82) is 5.41 Å². The molecular formula is C6H12N2O2. The first-order chi connectivity index (χ1) is 4.50. The van der Waals surface area contributed by atoms with Gasteiger partial charge in [0.15, 0.2) is 0 Å². The van der Waals surface area contributed by atoms with E-state index < -0.39 is 0 Å². The molecule has 4 heteroatoms. The molecular weight excluding hydrogens is 132 g/mol. The first-order valence-electron chi connectivity index (χ1n) is 2.59. The lowest BCUT2D eigenvalue weighted by atomic mass is 10.8. The fraction of sp³-hybridized carbons (Fsp3) is 0.333. The number of rotatable bonds is 1. The van der Waals surface area contributed by atoms with Gasteiger partial charge in [0.25, 0.3) is 0 Å². The van der Waals surface area contributed by atoms with Gasteiger partial charge in [-0.3, -0.25) is 10.2 Å². The van der Waals surface area contributed by atoms with E-state index in [9.17, 15) is 4.79 Å². The van der Waals surface area contributed by atoms with Crippen LogP contribution in [-0.2, 0) is 9.53 Å². The van der Waals surface area contributed by atoms with Crippen LogP contribution in [0.5, 0.6) is 0 Å². The monoisotopic (exact) mass is 144 g/mol. The lowest BCUT2D eigenvalue weighted by Crippen LogP contribution is -2.00. The second-order valence-electron chi connectivity index (χ2n) is 1.46. The number of hydrogen-bond acceptors (Lipinski definition) is 3. The van der Waals surface area contributed by atoms with Gasteiger partial charge in [0.05, 0.1) is 12.1 Å². The van der Waals surface area contributed by atoms with Crippen molar-refractivity contribution >= 4 is 11.8 Å². The predicted octanol–water partition coefficient (Wildman–Crippen LogP) is 0.635. The number of amidine groups is 1. The van der Waals surface area contributed by atoms with Gasteiger partial charge in [-0.2, -0.15) is 0 Å². The summed E-state index contributed by atoms with van der Waals surface area (Å²) in [6.45, 7) is 6.01. The van der Waals surface area contributed by atoms with Gasteiger partial charge in [0.1, 0.15) is 0 Å². The minimum atomic E-state index is -0.329. The summed E-state index contributed by atoms with van der Waals surface area (Å²) < 4.78 is 4.17. The number of carbonyl (C=O) groups excluding carboxylic acids is 1. The summed E-state index contributed by atoms with van der Waals surface area (Å²) in [5, 5.41) is 6.28. The van der Waals surface area contributed by atoms with Gasteiger partial charge in [-0.1, -0.05) is 6.58 Å². The summed E-state index contributed by atoms with van der Waals surface area (Å²) in [4.78, 5) is 9.75. The summed E-state index contributed by atoms with van der Waals surface area (Å²) in [5.74, 6) is -0.162. The molecule has 0 heterocycles. The summed E-state index contributed by atoms with van der Waals surface area (Å²) in [6.07, 6.45) is 1.10. The number of ether oxygens (including phenoxy) is 1. The molecule has 0 saturated carbocycles. The van der Waals surface area contributed by atoms with E-state index in [-0.39, 0.29) is 11.8 Å². The molecule has 0 unspecified atom stereocenters. The summed E-state index contributed by atoms with van der Waals surface area (Å²) in [5.41, 5.74) is 4.69. The van der Waals surface area contributed by atoms with E-state index in [4.69, 9.17) is 11.1 Å². The first kappa shape index (κ1) is 11.5. The quantitative estimate of drug-likeness (QED) is 0.245. The van der Waals surface area contributed by atoms with E-state index in [1.807, 2.05) is 0 Å². The van der Waals surface area contributed by atoms with Crippen LogP contribution in [0.4, 0.5) is 0 Å². The minimum absolute atomic E-state index is 0.167. The molecule has 0 saturated heterocycles. The van der Waals surface area contributed by atoms with Gasteiger partial charge in [-0.05, 0) is 6.92 Å². The van der Waals surface area contributed by atoms with Crippen molar-refractivity contribution in [2.24, 2.45) is 5.73 Å². The number of hydrogen-bond donors (Lipinski definition) is 2. The molecule has 0 aromatic heterocycles. The van der Waals surface area contributed by atoms with Crippen LogP contribution >= 0.6 is 0 Å². The van der Waals surface area contributed by atoms with Crippen LogP contribution in [0.2, 0.25) is 0 Å². The van der Waals surface area contributed by atoms with Gasteiger partial charge >= 0.3 is 5.97 Å². The number of nitrogens with two attached hydrogens (primary N) is 1. The highest BCUT2D eigenvalue weighted by molar-refractivity contribution is 5.73. The second kappa shape index (κ2) is 7.68. The predicted molar refractivity (Wildman–Crippen MR) is 39.6 cm³/mol. The van der Waals surface area contributed by atoms with E-state index >= 15 is 0 Å². The molecule has 0 atom stereocenters. The van der Waals surface area contributed by atoms with Crippen LogP contribution in [0.1, 0.15) is 13.8 Å². The molecule has 0 aliphatic heterocycles. The highest BCUT2D eigenvalue weighted by Gasteiger charge is 1.79. The third kappa shape index (κ3) is 76.4. The number of esters is 1. The lowest BCUT2D eigenvalue weighted by Gasteiger charge is -1.83. The smallest absolute Gasteiger partial charge is 0.307 e. The van der Waals surface area contributed by atoms with Crippen LogP contribution in [0, 0.1) is 5.41 Å². The first-order valence-corrected chi connectivity index (χ1v) is 2.59. The van der Waals surface area contributed by atoms with Gasteiger partial charge in [0, 0.05) is 6.92 Å². The van der Waals surface area contributed by atoms with Gasteiger partial charge in [-0.25, -0.2) is 0 Å². The van der Waals surface area contributed by atoms with Crippen molar-refractivity contribution in [2.45, 2.75) is 13.8 Å². The van der Waals surface area contributed by atoms with Crippen molar-refractivity contribution < 1.29 is 9.53 Å². The normalized spacial score (nSPS) is 6.60. The molecule has 0 spiro atoms. The summed E-state index contributed by atoms with van der Waals surface area (Å²) in [6, 6.07) is 0. The molecule has 0 amide bonds. The van der Waals surface area contributed by atoms with Crippen molar-refractivity contribution in [3.05, 3.63) is 12.8 Å². The van der Waals surface area contributed by atoms with Crippen molar-refractivity contribution in [3.63, 3.8) is 0 Å². The van der Waals surface area contributed by atoms with E-state index in [0.29, 0.717) is 0 Å². The molecule has 0 aromatic rings. The number of carbonyl (C=O) groups is 1. The highest BCUT2D eigenvalue weighted by atomic mass is 16.5. The Morgan fingerprint density at radius 1 is 1.70 bits per heavy atom. The van der Waals surface area contributed by atoms with Crippen LogP contribution in [0.15, 0.2) is 12.8 Å². The molecule has 58 valence electrons. The average Bonchev–Trinajstić information content (AvgIpc) is 1.62. The molecule has 4 nitrogen and oxygen atoms in total. The molecule has 0 fully saturated rings. The topological polar surface area (TPSA) is 76.2 Å². The molecule has 0 aromatic carbocycles. The maximum Gasteiger partial charge on any atom is 0.307 e. The molecule has 0 aliphatic rings. The zero-order valence-corrected chi connectivity index (χ0v) is 6.18. The standard InChI is InChI=1S/C4H6O2.C2H6N2/c1-3-6-4(2)5;1-2(3)4/h3H,1H2,2H3;1H3,(H3,3,4). The Kier molecular flexibility index (Phi) is 8.81. The summed E-state index contributed by atoms with van der Waals surface area (Å²) >= 11 is 0. The molecule has 0 aliphatic carbocycles. The largest absolute Gasteiger partial charge is 0.435 e. The Hall–Kier alpha value is -1.32. The van der Waals surface area contributed by atoms with E-state index in [1.54, 1.807) is 0 Å². The fourth-order valence-electron chi connectivity index (χ4n) is 0.117. The van der Waals surface area contributed by atoms with E-state index in [0.717, 1.165) is 6.26 Å². The minimum Gasteiger partial charge on any atom is -0.435 e. The lowest BCUT2D eigenvalue weighted by molar-refractivity contribution is -0.135. The van der Waals surface area contributed by atoms with Crippen LogP contribution in [0.25, 0.3) is 0 Å². The van der Waals surface area contributed by atoms with Gasteiger partial charge < -0.3 is 10.5 Å². The molecule has 0 rings (SSSR count). The van der Waals surface area contributed by atoms with E-state index in [1.165, 1.54) is 13.8 Å². The third-order valence-corrected chi connectivity index (χ3v) is 0.249. The molecule has 0 radical (unpaired) electrons. The summed E-state index contributed by atoms with van der Waals surface area (Å²) in [7, 11) is 0. The maximum atomic E-state index is 9.75. The fourth-order valence-corrected chi connectivity index (χ4v) is 0.117. The highest BCUT2D eigenvalue weighted by Crippen LogP contribution is 1.70. The second-order valence-corrected chi connectivity index (χ2v) is 1.46. The Labute approximate surface area is 60.2 Å². The Bertz CT molecular complexity index is 128. The molecule has 0 bridgehead atoms. The third-order valence-electron chi connectivity index (χ3n) is 0.249. The maximum absolute atomic E-state index is 9.75.